The number of amides is 2. The third-order valence-corrected chi connectivity index (χ3v) is 3.72. The molecule has 0 saturated heterocycles. The van der Waals surface area contributed by atoms with Crippen molar-refractivity contribution in [1.82, 2.24) is 10.6 Å². The Labute approximate surface area is 119 Å². The summed E-state index contributed by atoms with van der Waals surface area (Å²) in [5, 5.41) is 5.75. The minimum absolute atomic E-state index is 0.0107. The molecular weight excluding hydrogens is 256 g/mol. The van der Waals surface area contributed by atoms with Gasteiger partial charge in [0.15, 0.2) is 0 Å². The maximum Gasteiger partial charge on any atom is 0.254 e. The zero-order valence-electron chi connectivity index (χ0n) is 11.9. The van der Waals surface area contributed by atoms with Crippen LogP contribution in [0.4, 0.5) is 0 Å². The zero-order chi connectivity index (χ0) is 14.4. The van der Waals surface area contributed by atoms with Gasteiger partial charge in [-0.2, -0.15) is 0 Å². The molecule has 1 aromatic heterocycles. The van der Waals surface area contributed by atoms with Gasteiger partial charge in [-0.25, -0.2) is 0 Å². The fraction of sp³-hybridized carbons (Fsp3) is 0.600. The maximum atomic E-state index is 11.8. The first-order valence-corrected chi connectivity index (χ1v) is 7.25. The van der Waals surface area contributed by atoms with Crippen LogP contribution in [0.3, 0.4) is 0 Å². The van der Waals surface area contributed by atoms with Crippen LogP contribution < -0.4 is 10.6 Å². The Kier molecular flexibility index (Phi) is 5.21. The predicted molar refractivity (Wildman–Crippen MR) is 75.2 cm³/mol. The average Bonchev–Trinajstić information content (AvgIpc) is 2.92. The van der Waals surface area contributed by atoms with Crippen molar-refractivity contribution in [3.8, 4) is 0 Å². The number of nitrogens with one attached hydrogen (secondary N) is 2. The van der Waals surface area contributed by atoms with Crippen LogP contribution in [-0.2, 0) is 4.79 Å². The zero-order valence-corrected chi connectivity index (χ0v) is 11.9. The average molecular weight is 278 g/mol. The minimum Gasteiger partial charge on any atom is -0.472 e. The predicted octanol–water partition coefficient (Wildman–Crippen LogP) is 2.09. The number of carbonyl (C=O) groups excluding carboxylic acids is 2. The maximum absolute atomic E-state index is 11.8. The molecule has 0 bridgehead atoms. The highest BCUT2D eigenvalue weighted by Gasteiger charge is 2.20. The van der Waals surface area contributed by atoms with E-state index in [9.17, 15) is 9.59 Å². The topological polar surface area (TPSA) is 71.3 Å². The first kappa shape index (κ1) is 14.6. The van der Waals surface area contributed by atoms with Crippen LogP contribution in [0.2, 0.25) is 0 Å². The number of carbonyl (C=O) groups is 2. The van der Waals surface area contributed by atoms with Crippen molar-refractivity contribution in [1.29, 1.82) is 0 Å². The number of hydrogen-bond donors (Lipinski definition) is 2. The smallest absolute Gasteiger partial charge is 0.254 e. The van der Waals surface area contributed by atoms with E-state index in [-0.39, 0.29) is 11.8 Å². The molecule has 1 fully saturated rings. The van der Waals surface area contributed by atoms with Crippen molar-refractivity contribution in [2.75, 3.05) is 6.54 Å². The monoisotopic (exact) mass is 278 g/mol. The van der Waals surface area contributed by atoms with Crippen molar-refractivity contribution in [3.63, 3.8) is 0 Å². The summed E-state index contributed by atoms with van der Waals surface area (Å²) >= 11 is 0. The molecule has 2 rings (SSSR count). The molecule has 2 amide bonds. The van der Waals surface area contributed by atoms with E-state index in [1.54, 1.807) is 6.07 Å². The lowest BCUT2D eigenvalue weighted by Crippen LogP contribution is -2.39. The molecule has 1 aliphatic carbocycles. The van der Waals surface area contributed by atoms with Crippen molar-refractivity contribution < 1.29 is 14.0 Å². The van der Waals surface area contributed by atoms with Crippen molar-refractivity contribution >= 4 is 11.8 Å². The molecule has 0 radical (unpaired) electrons. The highest BCUT2D eigenvalue weighted by molar-refractivity contribution is 5.94. The Balaban J connectivity index is 1.64. The number of rotatable bonds is 5. The van der Waals surface area contributed by atoms with E-state index in [1.165, 1.54) is 25.4 Å². The van der Waals surface area contributed by atoms with Gasteiger partial charge >= 0.3 is 0 Å². The summed E-state index contributed by atoms with van der Waals surface area (Å²) in [6.07, 6.45) is 7.72. The van der Waals surface area contributed by atoms with E-state index >= 15 is 0 Å². The van der Waals surface area contributed by atoms with Crippen LogP contribution in [0.5, 0.6) is 0 Å². The summed E-state index contributed by atoms with van der Waals surface area (Å²) in [5.41, 5.74) is 0.478. The van der Waals surface area contributed by atoms with Crippen LogP contribution in [0.25, 0.3) is 0 Å². The molecular formula is C15H22N2O3. The van der Waals surface area contributed by atoms with Gasteiger partial charge in [-0.1, -0.05) is 19.8 Å². The summed E-state index contributed by atoms with van der Waals surface area (Å²) in [6, 6.07) is 1.90. The first-order chi connectivity index (χ1) is 9.65. The third kappa shape index (κ3) is 4.40. The molecule has 0 aromatic carbocycles. The lowest BCUT2D eigenvalue weighted by atomic mass is 9.87. The van der Waals surface area contributed by atoms with Gasteiger partial charge in [0.1, 0.15) is 6.26 Å². The molecule has 0 aliphatic heterocycles. The fourth-order valence-electron chi connectivity index (χ4n) is 2.65. The Bertz CT molecular complexity index is 442. The molecule has 5 heteroatoms. The second-order valence-corrected chi connectivity index (χ2v) is 5.55. The van der Waals surface area contributed by atoms with Crippen LogP contribution in [0.1, 0.15) is 49.4 Å². The van der Waals surface area contributed by atoms with E-state index in [0.717, 1.165) is 12.8 Å². The lowest BCUT2D eigenvalue weighted by Gasteiger charge is -2.27. The molecule has 0 unspecified atom stereocenters. The van der Waals surface area contributed by atoms with Crippen molar-refractivity contribution in [2.24, 2.45) is 5.92 Å². The molecule has 5 nitrogen and oxygen atoms in total. The molecule has 1 heterocycles. The van der Waals surface area contributed by atoms with Gasteiger partial charge in [-0.3, -0.25) is 9.59 Å². The minimum atomic E-state index is -0.210. The third-order valence-electron chi connectivity index (χ3n) is 3.72. The van der Waals surface area contributed by atoms with E-state index in [2.05, 4.69) is 17.6 Å². The largest absolute Gasteiger partial charge is 0.472 e. The first-order valence-electron chi connectivity index (χ1n) is 7.25. The Morgan fingerprint density at radius 1 is 1.40 bits per heavy atom. The highest BCUT2D eigenvalue weighted by Crippen LogP contribution is 2.23. The highest BCUT2D eigenvalue weighted by atomic mass is 16.3. The van der Waals surface area contributed by atoms with E-state index in [4.69, 9.17) is 4.42 Å². The number of furan rings is 1. The van der Waals surface area contributed by atoms with Gasteiger partial charge in [0.25, 0.3) is 5.91 Å². The van der Waals surface area contributed by atoms with E-state index < -0.39 is 0 Å². The molecule has 2 atom stereocenters. The Hall–Kier alpha value is -1.78. The second-order valence-electron chi connectivity index (χ2n) is 5.55. The molecule has 20 heavy (non-hydrogen) atoms. The van der Waals surface area contributed by atoms with Gasteiger partial charge in [-0.05, 0) is 24.8 Å². The standard InChI is InChI=1S/C15H22N2O3/c1-11-3-2-4-13(9-11)17-14(18)5-7-16-15(19)12-6-8-20-10-12/h6,8,10-11,13H,2-5,7,9H2,1H3,(H,16,19)(H,17,18)/t11-,13-/m1/s1. The molecule has 110 valence electrons. The Morgan fingerprint density at radius 3 is 2.95 bits per heavy atom. The summed E-state index contributed by atoms with van der Waals surface area (Å²) in [4.78, 5) is 23.4. The van der Waals surface area contributed by atoms with Crippen LogP contribution in [0.15, 0.2) is 23.0 Å². The van der Waals surface area contributed by atoms with Gasteiger partial charge in [0, 0.05) is 19.0 Å². The fourth-order valence-corrected chi connectivity index (χ4v) is 2.65. The van der Waals surface area contributed by atoms with Crippen LogP contribution >= 0.6 is 0 Å². The summed E-state index contributed by atoms with van der Waals surface area (Å²) in [5.74, 6) is 0.490. The van der Waals surface area contributed by atoms with Gasteiger partial charge < -0.3 is 15.1 Å². The van der Waals surface area contributed by atoms with E-state index in [0.29, 0.717) is 30.5 Å². The van der Waals surface area contributed by atoms with Crippen LogP contribution in [-0.4, -0.2) is 24.4 Å². The van der Waals surface area contributed by atoms with Gasteiger partial charge in [0.05, 0.1) is 11.8 Å². The molecule has 1 aliphatic rings. The van der Waals surface area contributed by atoms with Gasteiger partial charge in [-0.15, -0.1) is 0 Å². The van der Waals surface area contributed by atoms with Crippen LogP contribution in [0, 0.1) is 5.92 Å². The molecule has 1 aromatic rings. The van der Waals surface area contributed by atoms with Crippen molar-refractivity contribution in [2.45, 2.75) is 45.1 Å². The molecule has 1 saturated carbocycles. The summed E-state index contributed by atoms with van der Waals surface area (Å²) in [6.45, 7) is 2.57. The molecule has 0 spiro atoms. The summed E-state index contributed by atoms with van der Waals surface area (Å²) in [7, 11) is 0. The lowest BCUT2D eigenvalue weighted by molar-refractivity contribution is -0.121. The van der Waals surface area contributed by atoms with Gasteiger partial charge in [0.2, 0.25) is 5.91 Å². The normalized spacial score (nSPS) is 22.2. The van der Waals surface area contributed by atoms with E-state index in [1.807, 2.05) is 0 Å². The SMILES string of the molecule is C[C@@H]1CCC[C@@H](NC(=O)CCNC(=O)c2ccoc2)C1. The quantitative estimate of drug-likeness (QED) is 0.866. The Morgan fingerprint density at radius 2 is 2.25 bits per heavy atom. The molecule has 2 N–H and O–H groups in total. The van der Waals surface area contributed by atoms with Crippen molar-refractivity contribution in [3.05, 3.63) is 24.2 Å². The summed E-state index contributed by atoms with van der Waals surface area (Å²) < 4.78 is 4.83. The second kappa shape index (κ2) is 7.12. The number of hydrogen-bond acceptors (Lipinski definition) is 3.